The third-order valence-corrected chi connectivity index (χ3v) is 6.88. The number of carbonyl (C=O) groups is 3. The Hall–Kier alpha value is -3.44. The van der Waals surface area contributed by atoms with Crippen LogP contribution in [0, 0.1) is 11.8 Å². The molecule has 0 aromatic heterocycles. The molecule has 0 saturated carbocycles. The highest BCUT2D eigenvalue weighted by Gasteiger charge is 2.62. The van der Waals surface area contributed by atoms with Crippen LogP contribution >= 0.6 is 11.6 Å². The highest BCUT2D eigenvalue weighted by molar-refractivity contribution is 6.30. The van der Waals surface area contributed by atoms with Crippen molar-refractivity contribution in [3.05, 3.63) is 106 Å². The summed E-state index contributed by atoms with van der Waals surface area (Å²) in [7, 11) is 0. The van der Waals surface area contributed by atoms with E-state index < -0.39 is 29.6 Å². The second-order valence-corrected chi connectivity index (χ2v) is 8.56. The molecule has 0 N–H and O–H groups in total. The summed E-state index contributed by atoms with van der Waals surface area (Å²) < 4.78 is 0. The van der Waals surface area contributed by atoms with Gasteiger partial charge in [0.25, 0.3) is 11.8 Å². The summed E-state index contributed by atoms with van der Waals surface area (Å²) in [6.07, 6.45) is 0. The van der Waals surface area contributed by atoms with Crippen molar-refractivity contribution in [1.29, 1.82) is 0 Å². The highest BCUT2D eigenvalue weighted by atomic mass is 35.5. The molecule has 4 aliphatic rings. The molecule has 1 heterocycles. The Morgan fingerprint density at radius 3 is 1.68 bits per heavy atom. The third kappa shape index (κ3) is 2.47. The molecular weight excluding hydrogens is 414 g/mol. The molecule has 6 heteroatoms. The lowest BCUT2D eigenvalue weighted by molar-refractivity contribution is -0.174. The van der Waals surface area contributed by atoms with Crippen LogP contribution in [0.1, 0.15) is 44.4 Å². The number of rotatable bonds is 2. The summed E-state index contributed by atoms with van der Waals surface area (Å²) in [6.45, 7) is 0. The second-order valence-electron chi connectivity index (χ2n) is 8.12. The van der Waals surface area contributed by atoms with Crippen molar-refractivity contribution in [2.24, 2.45) is 11.8 Å². The lowest BCUT2D eigenvalue weighted by Gasteiger charge is -2.45. The van der Waals surface area contributed by atoms with Gasteiger partial charge in [0, 0.05) is 16.9 Å². The van der Waals surface area contributed by atoms with Crippen molar-refractivity contribution in [3.63, 3.8) is 0 Å². The van der Waals surface area contributed by atoms with Crippen LogP contribution in [0.4, 0.5) is 0 Å². The van der Waals surface area contributed by atoms with E-state index in [0.717, 1.165) is 22.3 Å². The van der Waals surface area contributed by atoms with E-state index in [1.807, 2.05) is 48.5 Å². The molecule has 0 radical (unpaired) electrons. The summed E-state index contributed by atoms with van der Waals surface area (Å²) in [4.78, 5) is 44.8. The zero-order valence-electron chi connectivity index (χ0n) is 16.2. The molecule has 2 bridgehead atoms. The number of amides is 2. The van der Waals surface area contributed by atoms with Gasteiger partial charge in [0.05, 0.1) is 17.4 Å². The minimum atomic E-state index is -0.787. The second kappa shape index (κ2) is 6.53. The first-order valence-corrected chi connectivity index (χ1v) is 10.5. The highest BCUT2D eigenvalue weighted by Crippen LogP contribution is 2.60. The fraction of sp³-hybridized carbons (Fsp3) is 0.160. The normalized spacial score (nSPS) is 25.1. The Morgan fingerprint density at radius 1 is 0.742 bits per heavy atom. The van der Waals surface area contributed by atoms with Gasteiger partial charge in [-0.1, -0.05) is 66.2 Å². The number of hydrogen-bond acceptors (Lipinski definition) is 4. The van der Waals surface area contributed by atoms with Crippen molar-refractivity contribution in [3.8, 4) is 0 Å². The van der Waals surface area contributed by atoms with Gasteiger partial charge in [-0.25, -0.2) is 4.79 Å². The predicted molar refractivity (Wildman–Crippen MR) is 112 cm³/mol. The Bertz CT molecular complexity index is 1170. The third-order valence-electron chi connectivity index (χ3n) is 6.64. The molecular formula is C25H16ClNO4. The molecule has 152 valence electrons. The van der Waals surface area contributed by atoms with Crippen LogP contribution in [0.15, 0.2) is 72.8 Å². The Kier molecular flexibility index (Phi) is 3.86. The molecule has 3 aliphatic carbocycles. The Morgan fingerprint density at radius 2 is 1.23 bits per heavy atom. The van der Waals surface area contributed by atoms with E-state index in [4.69, 9.17) is 16.4 Å². The van der Waals surface area contributed by atoms with E-state index in [-0.39, 0.29) is 17.4 Å². The van der Waals surface area contributed by atoms with Crippen molar-refractivity contribution in [2.45, 2.75) is 11.8 Å². The smallest absolute Gasteiger partial charge is 0.325 e. The summed E-state index contributed by atoms with van der Waals surface area (Å²) in [5, 5.41) is 1.04. The van der Waals surface area contributed by atoms with E-state index in [1.165, 1.54) is 12.1 Å². The molecule has 2 atom stereocenters. The maximum absolute atomic E-state index is 13.4. The molecule has 1 fully saturated rings. The maximum Gasteiger partial charge on any atom is 0.363 e. The Balaban J connectivity index is 1.42. The van der Waals surface area contributed by atoms with E-state index >= 15 is 0 Å². The fourth-order valence-corrected chi connectivity index (χ4v) is 5.68. The van der Waals surface area contributed by atoms with Gasteiger partial charge in [-0.2, -0.15) is 0 Å². The number of nitrogens with zero attached hydrogens (tertiary/aromatic N) is 1. The van der Waals surface area contributed by atoms with Crippen LogP contribution in [-0.2, 0) is 14.4 Å². The molecule has 7 rings (SSSR count). The molecule has 5 nitrogen and oxygen atoms in total. The summed E-state index contributed by atoms with van der Waals surface area (Å²) in [5.41, 5.74) is 4.44. The number of halogens is 1. The van der Waals surface area contributed by atoms with Crippen LogP contribution in [0.3, 0.4) is 0 Å². The van der Waals surface area contributed by atoms with E-state index in [2.05, 4.69) is 0 Å². The van der Waals surface area contributed by atoms with Gasteiger partial charge in [-0.15, -0.1) is 5.06 Å². The minimum Gasteiger partial charge on any atom is -0.325 e. The molecule has 3 aromatic rings. The van der Waals surface area contributed by atoms with Crippen molar-refractivity contribution >= 4 is 29.4 Å². The Labute approximate surface area is 183 Å². The number of hydroxylamine groups is 2. The zero-order valence-corrected chi connectivity index (χ0v) is 17.0. The van der Waals surface area contributed by atoms with Crippen LogP contribution in [0.25, 0.3) is 0 Å². The number of benzene rings is 3. The van der Waals surface area contributed by atoms with Crippen molar-refractivity contribution < 1.29 is 19.2 Å². The molecule has 31 heavy (non-hydrogen) atoms. The van der Waals surface area contributed by atoms with Gasteiger partial charge in [0.2, 0.25) is 0 Å². The maximum atomic E-state index is 13.4. The molecule has 0 unspecified atom stereocenters. The largest absolute Gasteiger partial charge is 0.363 e. The van der Waals surface area contributed by atoms with E-state index in [9.17, 15) is 14.4 Å². The number of imide groups is 1. The monoisotopic (exact) mass is 429 g/mol. The SMILES string of the molecule is O=C(ON1C(=O)[C@H]2C3c4ccccc4C(c4ccccc43)[C@@H]2C1=O)c1cccc(Cl)c1. The van der Waals surface area contributed by atoms with Crippen LogP contribution in [0.2, 0.25) is 5.02 Å². The summed E-state index contributed by atoms with van der Waals surface area (Å²) in [5.74, 6) is -3.38. The first-order valence-electron chi connectivity index (χ1n) is 10.1. The zero-order chi connectivity index (χ0) is 21.3. The lowest BCUT2D eigenvalue weighted by atomic mass is 9.55. The quantitative estimate of drug-likeness (QED) is 0.570. The predicted octanol–water partition coefficient (Wildman–Crippen LogP) is 4.30. The molecule has 2 amide bonds. The first kappa shape index (κ1) is 18.3. The first-order chi connectivity index (χ1) is 15.1. The number of hydrogen-bond donors (Lipinski definition) is 0. The average molecular weight is 430 g/mol. The fourth-order valence-electron chi connectivity index (χ4n) is 5.49. The number of carbonyl (C=O) groups excluding carboxylic acids is 3. The molecule has 1 aliphatic heterocycles. The standard InChI is InChI=1S/C25H16ClNO4/c26-14-7-5-6-13(12-14)25(30)31-27-23(28)21-19-15-8-1-2-9-16(15)20(22(21)24(27)29)18-11-4-3-10-17(18)19/h1-12,19-22H/t19?,20?,21-,22-/m0/s1. The molecule has 3 aromatic carbocycles. The van der Waals surface area contributed by atoms with Gasteiger partial charge >= 0.3 is 5.97 Å². The van der Waals surface area contributed by atoms with Gasteiger partial charge in [-0.3, -0.25) is 9.59 Å². The van der Waals surface area contributed by atoms with E-state index in [1.54, 1.807) is 12.1 Å². The lowest BCUT2D eigenvalue weighted by Crippen LogP contribution is -2.41. The van der Waals surface area contributed by atoms with E-state index in [0.29, 0.717) is 10.1 Å². The van der Waals surface area contributed by atoms with Crippen LogP contribution < -0.4 is 0 Å². The average Bonchev–Trinajstić information content (AvgIpc) is 3.04. The van der Waals surface area contributed by atoms with Gasteiger partial charge in [0.15, 0.2) is 0 Å². The molecule has 1 saturated heterocycles. The van der Waals surface area contributed by atoms with Crippen molar-refractivity contribution in [2.75, 3.05) is 0 Å². The minimum absolute atomic E-state index is 0.178. The summed E-state index contributed by atoms with van der Waals surface area (Å²) in [6, 6.07) is 22.1. The van der Waals surface area contributed by atoms with Crippen molar-refractivity contribution in [1.82, 2.24) is 5.06 Å². The molecule has 0 spiro atoms. The topological polar surface area (TPSA) is 63.7 Å². The van der Waals surface area contributed by atoms with Crippen LogP contribution in [-0.4, -0.2) is 22.8 Å². The van der Waals surface area contributed by atoms with Gasteiger partial charge < -0.3 is 4.84 Å². The van der Waals surface area contributed by atoms with Gasteiger partial charge in [0.1, 0.15) is 0 Å². The van der Waals surface area contributed by atoms with Crippen LogP contribution in [0.5, 0.6) is 0 Å². The summed E-state index contributed by atoms with van der Waals surface area (Å²) >= 11 is 5.96. The van der Waals surface area contributed by atoms with Gasteiger partial charge in [-0.05, 0) is 40.5 Å².